The summed E-state index contributed by atoms with van der Waals surface area (Å²) in [5.74, 6) is -3.18. The molecule has 2 aromatic rings. The Morgan fingerprint density at radius 1 is 1.27 bits per heavy atom. The summed E-state index contributed by atoms with van der Waals surface area (Å²) in [6.07, 6.45) is 4.54. The second-order valence-electron chi connectivity index (χ2n) is 11.6. The first-order valence-corrected chi connectivity index (χ1v) is 14.3. The zero-order valence-corrected chi connectivity index (χ0v) is 23.9. The van der Waals surface area contributed by atoms with Crippen molar-refractivity contribution in [1.29, 1.82) is 0 Å². The molecule has 2 bridgehead atoms. The van der Waals surface area contributed by atoms with E-state index in [0.29, 0.717) is 24.8 Å². The Bertz CT molecular complexity index is 1360. The molecule has 1 aromatic heterocycles. The van der Waals surface area contributed by atoms with Gasteiger partial charge in [-0.05, 0) is 37.3 Å². The van der Waals surface area contributed by atoms with Crippen molar-refractivity contribution in [3.63, 3.8) is 0 Å². The van der Waals surface area contributed by atoms with Crippen molar-refractivity contribution in [1.82, 2.24) is 24.8 Å². The first kappa shape index (κ1) is 28.9. The number of hydrogen-bond donors (Lipinski definition) is 1. The molecule has 4 heterocycles. The molecule has 6 atom stereocenters. The Morgan fingerprint density at radius 3 is 2.68 bits per heavy atom. The van der Waals surface area contributed by atoms with Gasteiger partial charge < -0.3 is 24.4 Å². The lowest BCUT2D eigenvalue weighted by Crippen LogP contribution is -2.59. The Kier molecular flexibility index (Phi) is 7.78. The van der Waals surface area contributed by atoms with Crippen LogP contribution in [0.3, 0.4) is 0 Å². The summed E-state index contributed by atoms with van der Waals surface area (Å²) in [7, 11) is 0. The number of esters is 1. The molecule has 11 heteroatoms. The minimum atomic E-state index is -1.24. The molecule has 11 nitrogen and oxygen atoms in total. The topological polar surface area (TPSA) is 127 Å². The fourth-order valence-electron chi connectivity index (χ4n) is 7.23. The van der Waals surface area contributed by atoms with E-state index in [1.807, 2.05) is 45.0 Å². The van der Waals surface area contributed by atoms with Crippen molar-refractivity contribution in [3.8, 4) is 0 Å². The third kappa shape index (κ3) is 4.37. The maximum Gasteiger partial charge on any atom is 0.313 e. The van der Waals surface area contributed by atoms with Gasteiger partial charge in [-0.25, -0.2) is 4.68 Å². The summed E-state index contributed by atoms with van der Waals surface area (Å²) in [6, 6.07) is 5.75. The second kappa shape index (κ2) is 11.0. The van der Waals surface area contributed by atoms with Gasteiger partial charge in [-0.1, -0.05) is 56.8 Å². The molecule has 3 saturated heterocycles. The summed E-state index contributed by atoms with van der Waals surface area (Å²) in [5, 5.41) is 18.9. The lowest BCUT2D eigenvalue weighted by Gasteiger charge is -2.40. The van der Waals surface area contributed by atoms with Crippen LogP contribution in [0.25, 0.3) is 11.0 Å². The van der Waals surface area contributed by atoms with Crippen LogP contribution in [0, 0.1) is 17.8 Å². The van der Waals surface area contributed by atoms with Crippen LogP contribution in [0.4, 0.5) is 0 Å². The molecular weight excluding hydrogens is 526 g/mol. The Morgan fingerprint density at radius 2 is 2.02 bits per heavy atom. The molecule has 1 aromatic carbocycles. The predicted octanol–water partition coefficient (Wildman–Crippen LogP) is 2.30. The average molecular weight is 566 g/mol. The third-order valence-electron chi connectivity index (χ3n) is 9.15. The maximum atomic E-state index is 14.7. The highest BCUT2D eigenvalue weighted by Crippen LogP contribution is 2.65. The van der Waals surface area contributed by atoms with Gasteiger partial charge in [0.15, 0.2) is 0 Å². The molecule has 41 heavy (non-hydrogen) atoms. The van der Waals surface area contributed by atoms with Crippen LogP contribution in [0.5, 0.6) is 0 Å². The van der Waals surface area contributed by atoms with Crippen LogP contribution in [0.1, 0.15) is 40.0 Å². The van der Waals surface area contributed by atoms with Crippen molar-refractivity contribution in [2.45, 2.75) is 70.0 Å². The van der Waals surface area contributed by atoms with E-state index in [4.69, 9.17) is 9.47 Å². The van der Waals surface area contributed by atoms with Gasteiger partial charge >= 0.3 is 5.97 Å². The predicted molar refractivity (Wildman–Crippen MR) is 150 cm³/mol. The molecule has 5 rings (SSSR count). The standard InChI is InChI=1S/C30H39N5O6/c1-6-15-33(18-34-21-12-10-9-11-20(21)31-32-34)27(38)25-30-14-13-29(8-3,41-30)24(28(39)40-16-7-2)23(30)26(37)35(25)22(17-36)19(4)5/h6-7,9-12,19,22-25,36H,1-2,8,13-18H2,3-5H3/t22-,23-,24-,25?,29+,30?/m0/s1. The quantitative estimate of drug-likeness (QED) is 0.307. The van der Waals surface area contributed by atoms with E-state index in [-0.39, 0.29) is 44.2 Å². The van der Waals surface area contributed by atoms with Crippen molar-refractivity contribution in [2.24, 2.45) is 17.8 Å². The number of amides is 2. The molecule has 220 valence electrons. The number of carbonyl (C=O) groups excluding carboxylic acids is 3. The summed E-state index contributed by atoms with van der Waals surface area (Å²) >= 11 is 0. The number of aromatic nitrogens is 3. The van der Waals surface area contributed by atoms with E-state index in [1.54, 1.807) is 15.7 Å². The van der Waals surface area contributed by atoms with Crippen LogP contribution in [0.2, 0.25) is 0 Å². The van der Waals surface area contributed by atoms with E-state index in [0.717, 1.165) is 5.52 Å². The molecule has 1 N–H and O–H groups in total. The molecule has 0 radical (unpaired) electrons. The van der Waals surface area contributed by atoms with Crippen molar-refractivity contribution >= 4 is 28.8 Å². The number of para-hydroxylation sites is 1. The number of hydrogen-bond acceptors (Lipinski definition) is 8. The monoisotopic (exact) mass is 565 g/mol. The SMILES string of the molecule is C=CCOC(=O)[C@@H]1[C@H]2C(=O)N([C@@H](CO)C(C)C)C(C(=O)N(CC=C)Cn3nnc4ccccc43)C23CC[C@@]1(CC)O3. The molecule has 2 unspecified atom stereocenters. The van der Waals surface area contributed by atoms with Crippen LogP contribution < -0.4 is 0 Å². The molecule has 3 aliphatic rings. The highest BCUT2D eigenvalue weighted by molar-refractivity contribution is 5.98. The minimum Gasteiger partial charge on any atom is -0.461 e. The fraction of sp³-hybridized carbons (Fsp3) is 0.567. The summed E-state index contributed by atoms with van der Waals surface area (Å²) in [4.78, 5) is 45.6. The molecule has 3 fully saturated rings. The summed E-state index contributed by atoms with van der Waals surface area (Å²) < 4.78 is 13.9. The van der Waals surface area contributed by atoms with Gasteiger partial charge in [0.25, 0.3) is 0 Å². The Balaban J connectivity index is 1.60. The van der Waals surface area contributed by atoms with E-state index in [1.165, 1.54) is 11.0 Å². The van der Waals surface area contributed by atoms with Gasteiger partial charge in [0.05, 0.1) is 29.7 Å². The largest absolute Gasteiger partial charge is 0.461 e. The van der Waals surface area contributed by atoms with E-state index in [2.05, 4.69) is 23.5 Å². The minimum absolute atomic E-state index is 0.0132. The highest BCUT2D eigenvalue weighted by Gasteiger charge is 2.79. The van der Waals surface area contributed by atoms with Crippen molar-refractivity contribution in [3.05, 3.63) is 49.6 Å². The number of aliphatic hydroxyl groups is 1. The van der Waals surface area contributed by atoms with Crippen LogP contribution in [-0.2, 0) is 30.5 Å². The number of fused-ring (bicyclic) bond motifs is 2. The highest BCUT2D eigenvalue weighted by atomic mass is 16.6. The average Bonchev–Trinajstić information content (AvgIpc) is 3.69. The van der Waals surface area contributed by atoms with Gasteiger partial charge in [-0.2, -0.15) is 0 Å². The van der Waals surface area contributed by atoms with Gasteiger partial charge in [0, 0.05) is 6.54 Å². The summed E-state index contributed by atoms with van der Waals surface area (Å²) in [6.45, 7) is 13.1. The molecular formula is C30H39N5O6. The number of aliphatic hydroxyl groups excluding tert-OH is 1. The molecule has 1 spiro atoms. The molecule has 0 saturated carbocycles. The normalized spacial score (nSPS) is 29.1. The van der Waals surface area contributed by atoms with Crippen LogP contribution in [-0.4, -0.2) is 90.7 Å². The number of carbonyl (C=O) groups is 3. The van der Waals surface area contributed by atoms with Gasteiger partial charge in [-0.3, -0.25) is 14.4 Å². The number of likely N-dealkylation sites (tertiary alicyclic amines) is 1. The Hall–Kier alpha value is -3.57. The van der Waals surface area contributed by atoms with Crippen LogP contribution >= 0.6 is 0 Å². The van der Waals surface area contributed by atoms with Gasteiger partial charge in [0.2, 0.25) is 11.8 Å². The first-order chi connectivity index (χ1) is 19.7. The number of ether oxygens (including phenoxy) is 2. The van der Waals surface area contributed by atoms with E-state index >= 15 is 0 Å². The zero-order chi connectivity index (χ0) is 29.5. The first-order valence-electron chi connectivity index (χ1n) is 14.3. The molecule has 2 amide bonds. The molecule has 3 aliphatic heterocycles. The zero-order valence-electron chi connectivity index (χ0n) is 23.9. The van der Waals surface area contributed by atoms with E-state index in [9.17, 15) is 19.5 Å². The Labute approximate surface area is 239 Å². The lowest BCUT2D eigenvalue weighted by atomic mass is 9.65. The van der Waals surface area contributed by atoms with Crippen LogP contribution in [0.15, 0.2) is 49.6 Å². The van der Waals surface area contributed by atoms with E-state index < -0.39 is 41.1 Å². The number of nitrogens with zero attached hydrogens (tertiary/aromatic N) is 5. The fourth-order valence-corrected chi connectivity index (χ4v) is 7.23. The smallest absolute Gasteiger partial charge is 0.313 e. The second-order valence-corrected chi connectivity index (χ2v) is 11.6. The lowest BCUT2D eigenvalue weighted by molar-refractivity contribution is -0.164. The molecule has 0 aliphatic carbocycles. The van der Waals surface area contributed by atoms with Crippen molar-refractivity contribution in [2.75, 3.05) is 19.8 Å². The van der Waals surface area contributed by atoms with Gasteiger partial charge in [-0.15, -0.1) is 11.7 Å². The maximum absolute atomic E-state index is 14.7. The van der Waals surface area contributed by atoms with Gasteiger partial charge in [0.1, 0.15) is 36.4 Å². The number of benzene rings is 1. The van der Waals surface area contributed by atoms with Crippen molar-refractivity contribution < 1.29 is 29.0 Å². The summed E-state index contributed by atoms with van der Waals surface area (Å²) in [5.41, 5.74) is -0.707. The number of rotatable bonds is 12. The third-order valence-corrected chi connectivity index (χ3v) is 9.15.